The Morgan fingerprint density at radius 2 is 2.14 bits per heavy atom. The van der Waals surface area contributed by atoms with Crippen LogP contribution in [0.3, 0.4) is 0 Å². The van der Waals surface area contributed by atoms with Crippen LogP contribution in [-0.2, 0) is 6.54 Å². The summed E-state index contributed by atoms with van der Waals surface area (Å²) in [5.41, 5.74) is 2.40. The number of aryl methyl sites for hydroxylation is 3. The topological polar surface area (TPSA) is 24.3 Å². The van der Waals surface area contributed by atoms with E-state index in [1.807, 2.05) is 0 Å². The van der Waals surface area contributed by atoms with Gasteiger partial charge in [-0.3, -0.25) is 4.68 Å². The summed E-state index contributed by atoms with van der Waals surface area (Å²) in [5.74, 6) is 0.853. The van der Waals surface area contributed by atoms with E-state index in [0.29, 0.717) is 6.04 Å². The van der Waals surface area contributed by atoms with Crippen LogP contribution in [0.2, 0.25) is 0 Å². The summed E-state index contributed by atoms with van der Waals surface area (Å²) in [4.78, 5) is 5.11. The molecule has 2 heterocycles. The number of rotatable bonds is 7. The van der Waals surface area contributed by atoms with Crippen molar-refractivity contribution >= 4 is 0 Å². The first-order valence-electron chi connectivity index (χ1n) is 8.39. The first-order chi connectivity index (χ1) is 9.95. The maximum absolute atomic E-state index is 4.53. The first kappa shape index (κ1) is 16.5. The monoisotopic (exact) mass is 292 g/mol. The molecule has 21 heavy (non-hydrogen) atoms. The van der Waals surface area contributed by atoms with Gasteiger partial charge < -0.3 is 9.80 Å². The van der Waals surface area contributed by atoms with Gasteiger partial charge in [-0.25, -0.2) is 0 Å². The minimum absolute atomic E-state index is 0.700. The van der Waals surface area contributed by atoms with Crippen LogP contribution in [0, 0.1) is 19.8 Å². The normalized spacial score (nSPS) is 20.0. The average Bonchev–Trinajstić information content (AvgIpc) is 2.97. The second kappa shape index (κ2) is 7.41. The van der Waals surface area contributed by atoms with Gasteiger partial charge in [0, 0.05) is 31.4 Å². The van der Waals surface area contributed by atoms with Crippen LogP contribution in [0.5, 0.6) is 0 Å². The Bertz CT molecular complexity index is 438. The molecule has 120 valence electrons. The maximum Gasteiger partial charge on any atom is 0.0596 e. The zero-order chi connectivity index (χ0) is 15.4. The number of nitrogens with zero attached hydrogens (tertiary/aromatic N) is 4. The Morgan fingerprint density at radius 1 is 1.38 bits per heavy atom. The lowest BCUT2D eigenvalue weighted by molar-refractivity contribution is 0.235. The molecule has 4 nitrogen and oxygen atoms in total. The van der Waals surface area contributed by atoms with Crippen LogP contribution in [0.15, 0.2) is 6.07 Å². The maximum atomic E-state index is 4.53. The smallest absolute Gasteiger partial charge is 0.0596 e. The summed E-state index contributed by atoms with van der Waals surface area (Å²) >= 11 is 0. The Labute approximate surface area is 130 Å². The highest BCUT2D eigenvalue weighted by molar-refractivity contribution is 5.06. The minimum atomic E-state index is 0.700. The molecule has 0 amide bonds. The van der Waals surface area contributed by atoms with E-state index in [0.717, 1.165) is 24.7 Å². The molecule has 1 aliphatic heterocycles. The lowest BCUT2D eigenvalue weighted by Gasteiger charge is -2.23. The molecule has 1 fully saturated rings. The van der Waals surface area contributed by atoms with Gasteiger partial charge in [0.25, 0.3) is 0 Å². The summed E-state index contributed by atoms with van der Waals surface area (Å²) in [6, 6.07) is 2.86. The molecule has 0 aliphatic carbocycles. The third-order valence-electron chi connectivity index (χ3n) is 4.63. The van der Waals surface area contributed by atoms with Crippen LogP contribution in [0.1, 0.15) is 38.1 Å². The molecule has 0 unspecified atom stereocenters. The van der Waals surface area contributed by atoms with Gasteiger partial charge in [-0.05, 0) is 72.7 Å². The standard InChI is InChI=1S/C17H32N4/c1-14(2)20-10-7-17(13-20)12-19(5)8-6-9-21-16(4)11-15(3)18-21/h11,14,17H,6-10,12-13H2,1-5H3/t17-/m0/s1. The fourth-order valence-electron chi connectivity index (χ4n) is 3.40. The van der Waals surface area contributed by atoms with E-state index in [1.54, 1.807) is 0 Å². The summed E-state index contributed by atoms with van der Waals surface area (Å²) in [5, 5.41) is 4.53. The van der Waals surface area contributed by atoms with Crippen LogP contribution >= 0.6 is 0 Å². The highest BCUT2D eigenvalue weighted by Crippen LogP contribution is 2.19. The molecule has 0 radical (unpaired) electrons. The zero-order valence-electron chi connectivity index (χ0n) is 14.5. The quantitative estimate of drug-likeness (QED) is 0.772. The van der Waals surface area contributed by atoms with Crippen LogP contribution in [0.4, 0.5) is 0 Å². The second-order valence-corrected chi connectivity index (χ2v) is 7.01. The van der Waals surface area contributed by atoms with E-state index in [-0.39, 0.29) is 0 Å². The van der Waals surface area contributed by atoms with Gasteiger partial charge in [0.05, 0.1) is 5.69 Å². The van der Waals surface area contributed by atoms with Gasteiger partial charge in [-0.2, -0.15) is 5.10 Å². The zero-order valence-corrected chi connectivity index (χ0v) is 14.5. The van der Waals surface area contributed by atoms with Crippen molar-refractivity contribution in [1.29, 1.82) is 0 Å². The average molecular weight is 292 g/mol. The highest BCUT2D eigenvalue weighted by atomic mass is 15.3. The van der Waals surface area contributed by atoms with Crippen molar-refractivity contribution in [3.05, 3.63) is 17.5 Å². The molecule has 0 spiro atoms. The van der Waals surface area contributed by atoms with E-state index in [4.69, 9.17) is 0 Å². The summed E-state index contributed by atoms with van der Waals surface area (Å²) < 4.78 is 2.14. The van der Waals surface area contributed by atoms with Gasteiger partial charge in [-0.1, -0.05) is 0 Å². The van der Waals surface area contributed by atoms with Crippen molar-refractivity contribution in [1.82, 2.24) is 19.6 Å². The minimum Gasteiger partial charge on any atom is -0.306 e. The molecule has 4 heteroatoms. The molecule has 0 saturated carbocycles. The Balaban J connectivity index is 1.66. The van der Waals surface area contributed by atoms with E-state index in [2.05, 4.69) is 60.4 Å². The lowest BCUT2D eigenvalue weighted by atomic mass is 10.1. The van der Waals surface area contributed by atoms with Crippen LogP contribution < -0.4 is 0 Å². The predicted molar refractivity (Wildman–Crippen MR) is 88.6 cm³/mol. The van der Waals surface area contributed by atoms with Crippen molar-refractivity contribution in [2.45, 2.75) is 53.1 Å². The molecular weight excluding hydrogens is 260 g/mol. The number of hydrogen-bond donors (Lipinski definition) is 0. The third kappa shape index (κ3) is 4.82. The van der Waals surface area contributed by atoms with Gasteiger partial charge in [0.2, 0.25) is 0 Å². The SMILES string of the molecule is Cc1cc(C)n(CCCN(C)C[C@@H]2CCN(C(C)C)C2)n1. The third-order valence-corrected chi connectivity index (χ3v) is 4.63. The molecule has 1 saturated heterocycles. The van der Waals surface area contributed by atoms with Gasteiger partial charge in [0.15, 0.2) is 0 Å². The molecule has 0 aromatic carbocycles. The summed E-state index contributed by atoms with van der Waals surface area (Å²) in [6.07, 6.45) is 2.54. The molecule has 0 bridgehead atoms. The first-order valence-corrected chi connectivity index (χ1v) is 8.39. The number of aromatic nitrogens is 2. The van der Waals surface area contributed by atoms with Gasteiger partial charge >= 0.3 is 0 Å². The van der Waals surface area contributed by atoms with E-state index < -0.39 is 0 Å². The highest BCUT2D eigenvalue weighted by Gasteiger charge is 2.24. The van der Waals surface area contributed by atoms with E-state index in [1.165, 1.54) is 38.2 Å². The van der Waals surface area contributed by atoms with E-state index >= 15 is 0 Å². The fraction of sp³-hybridized carbons (Fsp3) is 0.824. The van der Waals surface area contributed by atoms with Crippen molar-refractivity contribution in [2.75, 3.05) is 33.2 Å². The van der Waals surface area contributed by atoms with Crippen molar-refractivity contribution < 1.29 is 0 Å². The van der Waals surface area contributed by atoms with Gasteiger partial charge in [0.1, 0.15) is 0 Å². The molecule has 1 atom stereocenters. The molecular formula is C17H32N4. The molecule has 1 aromatic heterocycles. The van der Waals surface area contributed by atoms with Crippen LogP contribution in [-0.4, -0.2) is 58.8 Å². The second-order valence-electron chi connectivity index (χ2n) is 7.01. The van der Waals surface area contributed by atoms with Gasteiger partial charge in [-0.15, -0.1) is 0 Å². The summed E-state index contributed by atoms with van der Waals surface area (Å²) in [7, 11) is 2.26. The molecule has 0 N–H and O–H groups in total. The molecule has 1 aromatic rings. The predicted octanol–water partition coefficient (Wildman–Crippen LogP) is 2.55. The Kier molecular flexibility index (Phi) is 5.82. The Morgan fingerprint density at radius 3 is 2.71 bits per heavy atom. The Hall–Kier alpha value is -0.870. The molecule has 1 aliphatic rings. The lowest BCUT2D eigenvalue weighted by Crippen LogP contribution is -2.32. The molecule has 2 rings (SSSR count). The van der Waals surface area contributed by atoms with Crippen molar-refractivity contribution in [2.24, 2.45) is 5.92 Å². The van der Waals surface area contributed by atoms with Crippen molar-refractivity contribution in [3.8, 4) is 0 Å². The largest absolute Gasteiger partial charge is 0.306 e. The number of hydrogen-bond acceptors (Lipinski definition) is 3. The summed E-state index contributed by atoms with van der Waals surface area (Å²) in [6.45, 7) is 14.8. The number of likely N-dealkylation sites (tertiary alicyclic amines) is 1. The fourth-order valence-corrected chi connectivity index (χ4v) is 3.40. The van der Waals surface area contributed by atoms with E-state index in [9.17, 15) is 0 Å². The van der Waals surface area contributed by atoms with Crippen molar-refractivity contribution in [3.63, 3.8) is 0 Å². The van der Waals surface area contributed by atoms with Crippen LogP contribution in [0.25, 0.3) is 0 Å².